The first kappa shape index (κ1) is 20.3. The monoisotopic (exact) mass is 387 g/mol. The van der Waals surface area contributed by atoms with Crippen LogP contribution in [0.4, 0.5) is 11.4 Å². The van der Waals surface area contributed by atoms with E-state index in [1.54, 1.807) is 13.1 Å². The fourth-order valence-corrected chi connectivity index (χ4v) is 3.08. The molecule has 0 unspecified atom stereocenters. The first-order valence-corrected chi connectivity index (χ1v) is 9.46. The molecule has 0 aliphatic carbocycles. The van der Waals surface area contributed by atoms with E-state index in [1.807, 2.05) is 54.6 Å². The summed E-state index contributed by atoms with van der Waals surface area (Å²) in [6, 6.07) is 18.6. The van der Waals surface area contributed by atoms with E-state index in [-0.39, 0.29) is 17.2 Å². The molecule has 148 valence electrons. The minimum absolute atomic E-state index is 0.113. The lowest BCUT2D eigenvalue weighted by Gasteiger charge is -2.23. The largest absolute Gasteiger partial charge is 0.322 e. The summed E-state index contributed by atoms with van der Waals surface area (Å²) in [5.74, 6) is -0.528. The number of hydrogen-bond donors (Lipinski definition) is 1. The van der Waals surface area contributed by atoms with Crippen molar-refractivity contribution in [3.8, 4) is 0 Å². The van der Waals surface area contributed by atoms with E-state index in [4.69, 9.17) is 0 Å². The fourth-order valence-electron chi connectivity index (χ4n) is 3.08. The van der Waals surface area contributed by atoms with Gasteiger partial charge in [0.25, 0.3) is 11.8 Å². The Morgan fingerprint density at radius 1 is 0.897 bits per heavy atom. The summed E-state index contributed by atoms with van der Waals surface area (Å²) in [7, 11) is 1.70. The first-order chi connectivity index (χ1) is 13.8. The summed E-state index contributed by atoms with van der Waals surface area (Å²) in [6.45, 7) is 6.29. The van der Waals surface area contributed by atoms with Crippen molar-refractivity contribution in [3.63, 3.8) is 0 Å². The normalized spacial score (nSPS) is 11.0. The van der Waals surface area contributed by atoms with Gasteiger partial charge in [-0.15, -0.1) is 0 Å². The summed E-state index contributed by atoms with van der Waals surface area (Å²) in [4.78, 5) is 31.3. The molecule has 3 rings (SSSR count). The van der Waals surface area contributed by atoms with Crippen LogP contribution in [-0.4, -0.2) is 23.8 Å². The van der Waals surface area contributed by atoms with Crippen molar-refractivity contribution in [1.29, 1.82) is 0 Å². The van der Waals surface area contributed by atoms with Crippen molar-refractivity contribution in [1.82, 2.24) is 4.98 Å². The molecule has 0 saturated heterocycles. The van der Waals surface area contributed by atoms with Crippen LogP contribution >= 0.6 is 0 Å². The minimum atomic E-state index is -0.300. The van der Waals surface area contributed by atoms with Crippen LogP contribution in [-0.2, 0) is 5.41 Å². The maximum atomic E-state index is 12.8. The highest BCUT2D eigenvalue weighted by atomic mass is 16.2. The van der Waals surface area contributed by atoms with Gasteiger partial charge < -0.3 is 10.2 Å². The van der Waals surface area contributed by atoms with Gasteiger partial charge in [0.1, 0.15) is 0 Å². The van der Waals surface area contributed by atoms with Crippen molar-refractivity contribution in [2.45, 2.75) is 26.2 Å². The van der Waals surface area contributed by atoms with E-state index in [9.17, 15) is 9.59 Å². The number of nitrogens with zero attached hydrogens (tertiary/aromatic N) is 2. The second-order valence-corrected chi connectivity index (χ2v) is 7.91. The minimum Gasteiger partial charge on any atom is -0.322 e. The van der Waals surface area contributed by atoms with E-state index in [1.165, 1.54) is 17.3 Å². The fraction of sp³-hybridized carbons (Fsp3) is 0.208. The van der Waals surface area contributed by atoms with Gasteiger partial charge in [0, 0.05) is 30.8 Å². The Kier molecular flexibility index (Phi) is 5.78. The zero-order chi connectivity index (χ0) is 21.0. The number of hydrogen-bond acceptors (Lipinski definition) is 3. The zero-order valence-electron chi connectivity index (χ0n) is 17.1. The number of para-hydroxylation sites is 2. The zero-order valence-corrected chi connectivity index (χ0v) is 17.1. The van der Waals surface area contributed by atoms with Gasteiger partial charge in [-0.2, -0.15) is 0 Å². The van der Waals surface area contributed by atoms with Crippen LogP contribution in [0, 0.1) is 0 Å². The van der Waals surface area contributed by atoms with Gasteiger partial charge in [0.2, 0.25) is 0 Å². The van der Waals surface area contributed by atoms with E-state index in [2.05, 4.69) is 31.1 Å². The Hall–Kier alpha value is -3.47. The number of amides is 2. The summed E-state index contributed by atoms with van der Waals surface area (Å²) in [6.07, 6.45) is 2.94. The molecule has 0 radical (unpaired) electrons. The Morgan fingerprint density at radius 3 is 2.21 bits per heavy atom. The smallest absolute Gasteiger partial charge is 0.259 e. The molecule has 0 aliphatic rings. The van der Waals surface area contributed by atoms with Crippen LogP contribution in [0.15, 0.2) is 73.1 Å². The number of carbonyl (C=O) groups excluding carboxylic acids is 2. The Bertz CT molecular complexity index is 1020. The molecule has 1 aromatic heterocycles. The van der Waals surface area contributed by atoms with Crippen molar-refractivity contribution in [3.05, 3.63) is 89.7 Å². The quantitative estimate of drug-likeness (QED) is 0.692. The molecule has 0 saturated carbocycles. The highest BCUT2D eigenvalue weighted by Crippen LogP contribution is 2.29. The van der Waals surface area contributed by atoms with Crippen molar-refractivity contribution in [2.24, 2.45) is 0 Å². The Morgan fingerprint density at radius 2 is 1.52 bits per heavy atom. The number of carbonyl (C=O) groups is 2. The summed E-state index contributed by atoms with van der Waals surface area (Å²) >= 11 is 0. The first-order valence-electron chi connectivity index (χ1n) is 9.46. The molecule has 1 N–H and O–H groups in total. The molecule has 2 amide bonds. The van der Waals surface area contributed by atoms with E-state index in [0.29, 0.717) is 11.1 Å². The number of nitrogens with one attached hydrogen (secondary N) is 1. The molecule has 0 fully saturated rings. The predicted octanol–water partition coefficient (Wildman–Crippen LogP) is 4.91. The summed E-state index contributed by atoms with van der Waals surface area (Å²) < 4.78 is 0. The molecule has 5 nitrogen and oxygen atoms in total. The van der Waals surface area contributed by atoms with Gasteiger partial charge in [-0.05, 0) is 35.2 Å². The molecule has 3 aromatic rings. The van der Waals surface area contributed by atoms with Crippen molar-refractivity contribution < 1.29 is 9.59 Å². The second kappa shape index (κ2) is 8.27. The van der Waals surface area contributed by atoms with Gasteiger partial charge in [0.05, 0.1) is 11.1 Å². The van der Waals surface area contributed by atoms with Crippen molar-refractivity contribution in [2.75, 3.05) is 17.3 Å². The second-order valence-electron chi connectivity index (χ2n) is 7.91. The highest BCUT2D eigenvalue weighted by molar-refractivity contribution is 6.09. The molecule has 1 heterocycles. The van der Waals surface area contributed by atoms with Gasteiger partial charge in [0.15, 0.2) is 0 Å². The Labute approximate surface area is 171 Å². The average molecular weight is 387 g/mol. The van der Waals surface area contributed by atoms with Crippen LogP contribution in [0.5, 0.6) is 0 Å². The van der Waals surface area contributed by atoms with E-state index >= 15 is 0 Å². The van der Waals surface area contributed by atoms with Crippen LogP contribution in [0.2, 0.25) is 0 Å². The molecule has 0 bridgehead atoms. The molecular weight excluding hydrogens is 362 g/mol. The lowest BCUT2D eigenvalue weighted by molar-refractivity contribution is 0.0992. The average Bonchev–Trinajstić information content (AvgIpc) is 2.73. The lowest BCUT2D eigenvalue weighted by Crippen LogP contribution is -2.26. The standard InChI is InChI=1S/C24H25N3O2/c1-24(2,3)20-12-8-9-13-21(20)26-22(28)17-14-18(16-25-15-17)23(29)27(4)19-10-6-5-7-11-19/h5-16H,1-4H3,(H,26,28). The highest BCUT2D eigenvalue weighted by Gasteiger charge is 2.20. The van der Waals surface area contributed by atoms with Gasteiger partial charge in [-0.1, -0.05) is 57.2 Å². The molecule has 0 spiro atoms. The number of rotatable bonds is 4. The summed E-state index contributed by atoms with van der Waals surface area (Å²) in [5.41, 5.74) is 3.14. The third-order valence-electron chi connectivity index (χ3n) is 4.68. The third-order valence-corrected chi connectivity index (χ3v) is 4.68. The van der Waals surface area contributed by atoms with E-state index < -0.39 is 0 Å². The number of aromatic nitrogens is 1. The molecular formula is C24H25N3O2. The topological polar surface area (TPSA) is 62.3 Å². The number of benzene rings is 2. The number of pyridine rings is 1. The van der Waals surface area contributed by atoms with Gasteiger partial charge in [-0.3, -0.25) is 14.6 Å². The molecule has 5 heteroatoms. The Balaban J connectivity index is 1.83. The number of anilines is 2. The van der Waals surface area contributed by atoms with Gasteiger partial charge >= 0.3 is 0 Å². The molecule has 0 atom stereocenters. The SMILES string of the molecule is CN(C(=O)c1cncc(C(=O)Nc2ccccc2C(C)(C)C)c1)c1ccccc1. The van der Waals surface area contributed by atoms with Crippen LogP contribution < -0.4 is 10.2 Å². The van der Waals surface area contributed by atoms with E-state index in [0.717, 1.165) is 16.9 Å². The maximum Gasteiger partial charge on any atom is 0.259 e. The van der Waals surface area contributed by atoms with Crippen LogP contribution in [0.25, 0.3) is 0 Å². The predicted molar refractivity (Wildman–Crippen MR) is 117 cm³/mol. The van der Waals surface area contributed by atoms with Crippen LogP contribution in [0.1, 0.15) is 47.1 Å². The molecule has 0 aliphatic heterocycles. The van der Waals surface area contributed by atoms with Crippen molar-refractivity contribution >= 4 is 23.2 Å². The summed E-state index contributed by atoms with van der Waals surface area (Å²) in [5, 5.41) is 2.96. The van der Waals surface area contributed by atoms with Gasteiger partial charge in [-0.25, -0.2) is 0 Å². The van der Waals surface area contributed by atoms with Crippen LogP contribution in [0.3, 0.4) is 0 Å². The molecule has 2 aromatic carbocycles. The maximum absolute atomic E-state index is 12.8. The third kappa shape index (κ3) is 4.69. The molecule has 29 heavy (non-hydrogen) atoms. The lowest BCUT2D eigenvalue weighted by atomic mass is 9.86.